The molecule has 0 radical (unpaired) electrons. The summed E-state index contributed by atoms with van der Waals surface area (Å²) in [5.74, 6) is 0.0246. The molecule has 0 spiro atoms. The molecule has 1 aliphatic rings. The van der Waals surface area contributed by atoms with Crippen molar-refractivity contribution in [3.05, 3.63) is 33.6 Å². The van der Waals surface area contributed by atoms with Gasteiger partial charge in [-0.3, -0.25) is 9.69 Å². The van der Waals surface area contributed by atoms with Gasteiger partial charge in [0.15, 0.2) is 0 Å². The number of aliphatic hydroxyl groups excluding tert-OH is 1. The van der Waals surface area contributed by atoms with Crippen molar-refractivity contribution in [2.45, 2.75) is 25.2 Å². The number of hydrogen-bond acceptors (Lipinski definition) is 7. The van der Waals surface area contributed by atoms with Crippen LogP contribution in [0.3, 0.4) is 0 Å². The average Bonchev–Trinajstić information content (AvgIpc) is 3.11. The number of ether oxygens (including phenoxy) is 1. The lowest BCUT2D eigenvalue weighted by Crippen LogP contribution is -2.38. The Balaban J connectivity index is 1.81. The minimum absolute atomic E-state index is 0.206. The van der Waals surface area contributed by atoms with E-state index in [1.54, 1.807) is 4.90 Å². The van der Waals surface area contributed by atoms with Crippen molar-refractivity contribution in [2.75, 3.05) is 13.7 Å². The fourth-order valence-electron chi connectivity index (χ4n) is 2.69. The predicted octanol–water partition coefficient (Wildman–Crippen LogP) is 2.20. The minimum Gasteiger partial charge on any atom is -0.468 e. The number of β-amino-alcohol motifs (C(OH)–C–C–N with tert-alkyl or cyclic N) is 1. The SMILES string of the molecule is COC(=O)[C@@H]1C[C@@H](O)CN1Cn1nc(-c2ccc(Br)cc2)oc1=S. The minimum atomic E-state index is -0.582. The normalized spacial score (nSPS) is 21.1. The Morgan fingerprint density at radius 1 is 1.50 bits per heavy atom. The van der Waals surface area contributed by atoms with Gasteiger partial charge in [-0.1, -0.05) is 15.9 Å². The lowest BCUT2D eigenvalue weighted by atomic mass is 10.2. The summed E-state index contributed by atoms with van der Waals surface area (Å²) in [7, 11) is 1.33. The second kappa shape index (κ2) is 7.14. The maximum absolute atomic E-state index is 11.8. The maximum atomic E-state index is 11.8. The van der Waals surface area contributed by atoms with Crippen LogP contribution >= 0.6 is 28.1 Å². The highest BCUT2D eigenvalue weighted by molar-refractivity contribution is 9.10. The third-order valence-corrected chi connectivity index (χ3v) is 4.69. The van der Waals surface area contributed by atoms with E-state index >= 15 is 0 Å². The van der Waals surface area contributed by atoms with E-state index in [-0.39, 0.29) is 17.5 Å². The van der Waals surface area contributed by atoms with E-state index in [9.17, 15) is 9.90 Å². The smallest absolute Gasteiger partial charge is 0.323 e. The topological polar surface area (TPSA) is 80.7 Å². The molecule has 1 aromatic carbocycles. The standard InChI is InChI=1S/C15H16BrN3O4S/c1-22-14(21)12-6-11(20)7-18(12)8-19-15(24)23-13(17-19)9-2-4-10(16)5-3-9/h2-5,11-12,20H,6-8H2,1H3/t11-,12+/m1/s1. The van der Waals surface area contributed by atoms with Crippen LogP contribution in [0.15, 0.2) is 33.2 Å². The van der Waals surface area contributed by atoms with E-state index in [4.69, 9.17) is 21.4 Å². The Hall–Kier alpha value is -1.55. The van der Waals surface area contributed by atoms with Gasteiger partial charge >= 0.3 is 5.97 Å². The largest absolute Gasteiger partial charge is 0.468 e. The molecule has 3 rings (SSSR count). The van der Waals surface area contributed by atoms with E-state index in [2.05, 4.69) is 21.0 Å². The molecule has 1 aromatic heterocycles. The zero-order chi connectivity index (χ0) is 17.3. The van der Waals surface area contributed by atoms with Crippen molar-refractivity contribution in [1.29, 1.82) is 0 Å². The highest BCUT2D eigenvalue weighted by Gasteiger charge is 2.37. The Bertz CT molecular complexity index is 789. The van der Waals surface area contributed by atoms with E-state index in [1.807, 2.05) is 24.3 Å². The molecule has 1 N–H and O–H groups in total. The molecule has 2 aromatic rings. The van der Waals surface area contributed by atoms with E-state index in [1.165, 1.54) is 11.8 Å². The number of hydrogen-bond donors (Lipinski definition) is 1. The lowest BCUT2D eigenvalue weighted by Gasteiger charge is -2.21. The maximum Gasteiger partial charge on any atom is 0.323 e. The van der Waals surface area contributed by atoms with Gasteiger partial charge in [-0.25, -0.2) is 4.68 Å². The average molecular weight is 414 g/mol. The quantitative estimate of drug-likeness (QED) is 0.607. The number of benzene rings is 1. The summed E-state index contributed by atoms with van der Waals surface area (Å²) in [5, 5.41) is 14.2. The molecule has 1 saturated heterocycles. The number of aliphatic hydroxyl groups is 1. The predicted molar refractivity (Wildman–Crippen MR) is 91.6 cm³/mol. The van der Waals surface area contributed by atoms with Crippen LogP contribution in [0.2, 0.25) is 0 Å². The zero-order valence-corrected chi connectivity index (χ0v) is 15.3. The molecule has 0 saturated carbocycles. The van der Waals surface area contributed by atoms with Crippen LogP contribution in [0.25, 0.3) is 11.5 Å². The number of halogens is 1. The van der Waals surface area contributed by atoms with Gasteiger partial charge in [0.1, 0.15) is 6.04 Å². The fraction of sp³-hybridized carbons (Fsp3) is 0.400. The van der Waals surface area contributed by atoms with Crippen LogP contribution in [-0.2, 0) is 16.2 Å². The second-order valence-corrected chi connectivity index (χ2v) is 6.79. The van der Waals surface area contributed by atoms with Crippen molar-refractivity contribution in [1.82, 2.24) is 14.7 Å². The molecule has 9 heteroatoms. The van der Waals surface area contributed by atoms with Gasteiger partial charge in [0.2, 0.25) is 5.89 Å². The summed E-state index contributed by atoms with van der Waals surface area (Å²) in [6.07, 6.45) is -0.252. The molecule has 0 aliphatic carbocycles. The summed E-state index contributed by atoms with van der Waals surface area (Å²) in [6, 6.07) is 6.99. The third kappa shape index (κ3) is 3.59. The van der Waals surface area contributed by atoms with E-state index < -0.39 is 12.1 Å². The van der Waals surface area contributed by atoms with Gasteiger partial charge < -0.3 is 14.3 Å². The van der Waals surface area contributed by atoms with Gasteiger partial charge in [0.05, 0.1) is 19.9 Å². The first-order valence-corrected chi connectivity index (χ1v) is 8.52. The summed E-state index contributed by atoms with van der Waals surface area (Å²) < 4.78 is 12.8. The van der Waals surface area contributed by atoms with Crippen molar-refractivity contribution >= 4 is 34.1 Å². The van der Waals surface area contributed by atoms with Gasteiger partial charge in [-0.2, -0.15) is 0 Å². The molecule has 24 heavy (non-hydrogen) atoms. The molecule has 1 aliphatic heterocycles. The van der Waals surface area contributed by atoms with E-state index in [0.717, 1.165) is 10.0 Å². The molecular weight excluding hydrogens is 398 g/mol. The van der Waals surface area contributed by atoms with Crippen LogP contribution in [0.4, 0.5) is 0 Å². The Labute approximate surface area is 152 Å². The second-order valence-electron chi connectivity index (χ2n) is 5.52. The van der Waals surface area contributed by atoms with Crippen molar-refractivity contribution in [3.8, 4) is 11.5 Å². The molecule has 0 unspecified atom stereocenters. The molecule has 7 nitrogen and oxygen atoms in total. The molecule has 2 heterocycles. The number of methoxy groups -OCH3 is 1. The molecule has 0 bridgehead atoms. The fourth-order valence-corrected chi connectivity index (χ4v) is 3.14. The summed E-state index contributed by atoms with van der Waals surface area (Å²) >= 11 is 8.59. The Kier molecular flexibility index (Phi) is 5.14. The van der Waals surface area contributed by atoms with Gasteiger partial charge in [0, 0.05) is 23.0 Å². The molecular formula is C15H16BrN3O4S. The number of esters is 1. The van der Waals surface area contributed by atoms with Gasteiger partial charge in [0.25, 0.3) is 4.84 Å². The first-order valence-electron chi connectivity index (χ1n) is 7.31. The number of carbonyl (C=O) groups excluding carboxylic acids is 1. The third-order valence-electron chi connectivity index (χ3n) is 3.87. The highest BCUT2D eigenvalue weighted by Crippen LogP contribution is 2.23. The van der Waals surface area contributed by atoms with Crippen LogP contribution in [0.1, 0.15) is 6.42 Å². The number of carbonyl (C=O) groups is 1. The van der Waals surface area contributed by atoms with E-state index in [0.29, 0.717) is 18.9 Å². The zero-order valence-electron chi connectivity index (χ0n) is 12.9. The van der Waals surface area contributed by atoms with Gasteiger partial charge in [-0.05, 0) is 36.5 Å². The van der Waals surface area contributed by atoms with Crippen LogP contribution in [0.5, 0.6) is 0 Å². The van der Waals surface area contributed by atoms with Crippen molar-refractivity contribution in [3.63, 3.8) is 0 Å². The summed E-state index contributed by atoms with van der Waals surface area (Å²) in [6.45, 7) is 0.595. The number of nitrogens with zero attached hydrogens (tertiary/aromatic N) is 3. The van der Waals surface area contributed by atoms with Crippen molar-refractivity contribution in [2.24, 2.45) is 0 Å². The number of rotatable bonds is 4. The summed E-state index contributed by atoms with van der Waals surface area (Å²) in [4.78, 5) is 13.8. The molecule has 2 atom stereocenters. The first-order chi connectivity index (χ1) is 11.5. The highest BCUT2D eigenvalue weighted by atomic mass is 79.9. The van der Waals surface area contributed by atoms with Gasteiger partial charge in [-0.15, -0.1) is 5.10 Å². The van der Waals surface area contributed by atoms with Crippen molar-refractivity contribution < 1.29 is 19.1 Å². The summed E-state index contributed by atoms with van der Waals surface area (Å²) in [5.41, 5.74) is 0.800. The Morgan fingerprint density at radius 3 is 2.88 bits per heavy atom. The molecule has 128 valence electrons. The lowest BCUT2D eigenvalue weighted by molar-refractivity contribution is -0.146. The monoisotopic (exact) mass is 413 g/mol. The molecule has 0 amide bonds. The Morgan fingerprint density at radius 2 is 2.21 bits per heavy atom. The number of aromatic nitrogens is 2. The van der Waals surface area contributed by atoms with Crippen LogP contribution < -0.4 is 0 Å². The molecule has 1 fully saturated rings. The van der Waals surface area contributed by atoms with Crippen LogP contribution in [-0.4, -0.2) is 51.6 Å². The first kappa shape index (κ1) is 17.3. The van der Waals surface area contributed by atoms with Crippen LogP contribution in [0, 0.1) is 4.84 Å². The number of likely N-dealkylation sites (tertiary alicyclic amines) is 1.